The van der Waals surface area contributed by atoms with Gasteiger partial charge < -0.3 is 9.64 Å². The molecule has 3 aromatic rings. The first-order valence-corrected chi connectivity index (χ1v) is 10.0. The van der Waals surface area contributed by atoms with Crippen LogP contribution in [0.3, 0.4) is 0 Å². The van der Waals surface area contributed by atoms with E-state index in [9.17, 15) is 0 Å². The van der Waals surface area contributed by atoms with Gasteiger partial charge in [-0.3, -0.25) is 0 Å². The number of morpholine rings is 1. The lowest BCUT2D eigenvalue weighted by Gasteiger charge is -2.29. The number of fused-ring (bicyclic) bond motifs is 1. The van der Waals surface area contributed by atoms with Gasteiger partial charge >= 0.3 is 0 Å². The average Bonchev–Trinajstić information content (AvgIpc) is 3.19. The molecule has 7 nitrogen and oxygen atoms in total. The Hall–Kier alpha value is -2.74. The van der Waals surface area contributed by atoms with Gasteiger partial charge in [-0.25, -0.2) is 19.1 Å². The average molecular weight is 410 g/mol. The van der Waals surface area contributed by atoms with Gasteiger partial charge in [-0.1, -0.05) is 17.7 Å². The van der Waals surface area contributed by atoms with Crippen molar-refractivity contribution < 1.29 is 4.74 Å². The second-order valence-electron chi connectivity index (χ2n) is 7.47. The van der Waals surface area contributed by atoms with Crippen molar-refractivity contribution >= 4 is 40.3 Å². The van der Waals surface area contributed by atoms with Crippen molar-refractivity contribution in [3.05, 3.63) is 54.0 Å². The highest BCUT2D eigenvalue weighted by Gasteiger charge is 2.27. The Morgan fingerprint density at radius 1 is 1.17 bits per heavy atom. The molecule has 1 fully saturated rings. The molecule has 0 bridgehead atoms. The number of anilines is 1. The summed E-state index contributed by atoms with van der Waals surface area (Å²) in [6, 6.07) is 10.2. The molecule has 0 radical (unpaired) electrons. The van der Waals surface area contributed by atoms with Crippen molar-refractivity contribution in [2.45, 2.75) is 0 Å². The number of ether oxygens (including phenoxy) is 1. The van der Waals surface area contributed by atoms with Crippen LogP contribution in [0.2, 0.25) is 5.15 Å². The maximum absolute atomic E-state index is 6.37. The SMILES string of the molecule is C[N+]1(c2cccc3c2cnn3-c2cc(Cl)nc(N3CCOCC3)c2)C=NC=CC1. The number of nitrogens with zero attached hydrogens (tertiary/aromatic N) is 6. The quantitative estimate of drug-likeness (QED) is 0.491. The van der Waals surface area contributed by atoms with Gasteiger partial charge in [0.1, 0.15) is 23.2 Å². The lowest BCUT2D eigenvalue weighted by Crippen LogP contribution is -2.44. The number of halogens is 1. The summed E-state index contributed by atoms with van der Waals surface area (Å²) in [7, 11) is 2.15. The number of hydrogen-bond donors (Lipinski definition) is 0. The Bertz CT molecular complexity index is 1120. The second kappa shape index (κ2) is 7.26. The van der Waals surface area contributed by atoms with Crippen molar-refractivity contribution in [1.29, 1.82) is 0 Å². The predicted molar refractivity (Wildman–Crippen MR) is 117 cm³/mol. The summed E-state index contributed by atoms with van der Waals surface area (Å²) in [6.45, 7) is 3.86. The first kappa shape index (κ1) is 18.3. The standard InChI is InChI=1S/C21H22ClN6O/c1-28(9-3-6-23-15-28)19-5-2-4-18-17(19)14-24-27(18)16-12-20(22)25-21(13-16)26-7-10-29-11-8-26/h2-6,12-15H,7-11H2,1H3/q+1. The highest BCUT2D eigenvalue weighted by Crippen LogP contribution is 2.32. The molecule has 29 heavy (non-hydrogen) atoms. The fraction of sp³-hybridized carbons (Fsp3) is 0.286. The van der Waals surface area contributed by atoms with Gasteiger partial charge in [0.25, 0.3) is 0 Å². The molecule has 148 valence electrons. The van der Waals surface area contributed by atoms with Gasteiger partial charge in [-0.15, -0.1) is 0 Å². The molecule has 8 heteroatoms. The first-order valence-electron chi connectivity index (χ1n) is 9.67. The largest absolute Gasteiger partial charge is 0.378 e. The van der Waals surface area contributed by atoms with E-state index in [1.54, 1.807) is 0 Å². The number of aromatic nitrogens is 3. The van der Waals surface area contributed by atoms with Crippen molar-refractivity contribution in [3.8, 4) is 5.69 Å². The van der Waals surface area contributed by atoms with Crippen LogP contribution in [-0.2, 0) is 4.74 Å². The van der Waals surface area contributed by atoms with Crippen LogP contribution in [0.25, 0.3) is 16.6 Å². The molecule has 0 N–H and O–H groups in total. The number of aliphatic imine (C=N–C) groups is 1. The molecule has 5 rings (SSSR count). The molecule has 0 spiro atoms. The molecule has 2 aliphatic heterocycles. The van der Waals surface area contributed by atoms with Crippen LogP contribution in [0.5, 0.6) is 0 Å². The maximum Gasteiger partial charge on any atom is 0.195 e. The van der Waals surface area contributed by atoms with E-state index in [1.165, 1.54) is 0 Å². The van der Waals surface area contributed by atoms with E-state index in [1.807, 2.05) is 35.5 Å². The first-order chi connectivity index (χ1) is 14.1. The predicted octanol–water partition coefficient (Wildman–Crippen LogP) is 3.40. The molecule has 2 aromatic heterocycles. The fourth-order valence-electron chi connectivity index (χ4n) is 3.95. The van der Waals surface area contributed by atoms with Gasteiger partial charge in [-0.05, 0) is 12.1 Å². The Morgan fingerprint density at radius 3 is 2.83 bits per heavy atom. The Kier molecular flexibility index (Phi) is 4.58. The van der Waals surface area contributed by atoms with Crippen LogP contribution in [0.1, 0.15) is 0 Å². The number of likely N-dealkylation sites (N-methyl/N-ethyl adjacent to an activating group) is 1. The molecule has 2 aliphatic rings. The number of hydrogen-bond acceptors (Lipinski definition) is 5. The lowest BCUT2D eigenvalue weighted by atomic mass is 10.1. The van der Waals surface area contributed by atoms with Crippen molar-refractivity contribution in [2.75, 3.05) is 44.8 Å². The van der Waals surface area contributed by atoms with Gasteiger partial charge in [0.15, 0.2) is 6.34 Å². The van der Waals surface area contributed by atoms with E-state index < -0.39 is 0 Å². The lowest BCUT2D eigenvalue weighted by molar-refractivity contribution is 0.122. The fourth-order valence-corrected chi connectivity index (χ4v) is 4.15. The zero-order chi connectivity index (χ0) is 19.8. The molecule has 4 heterocycles. The van der Waals surface area contributed by atoms with Gasteiger partial charge in [0, 0.05) is 37.5 Å². The number of rotatable bonds is 3. The zero-order valence-corrected chi connectivity index (χ0v) is 17.0. The van der Waals surface area contributed by atoms with Crippen LogP contribution in [0, 0.1) is 0 Å². The van der Waals surface area contributed by atoms with E-state index >= 15 is 0 Å². The molecular weight excluding hydrogens is 388 g/mol. The molecule has 0 amide bonds. The molecule has 1 saturated heterocycles. The maximum atomic E-state index is 6.37. The van der Waals surface area contributed by atoms with Crippen molar-refractivity contribution in [2.24, 2.45) is 4.99 Å². The van der Waals surface area contributed by atoms with E-state index in [2.05, 4.69) is 46.2 Å². The highest BCUT2D eigenvalue weighted by atomic mass is 35.5. The van der Waals surface area contributed by atoms with Crippen LogP contribution in [0.15, 0.2) is 53.8 Å². The smallest absolute Gasteiger partial charge is 0.195 e. The Morgan fingerprint density at radius 2 is 2.03 bits per heavy atom. The molecule has 1 unspecified atom stereocenters. The summed E-state index contributed by atoms with van der Waals surface area (Å²) in [5.41, 5.74) is 3.09. The Balaban J connectivity index is 1.60. The molecule has 0 aliphatic carbocycles. The van der Waals surface area contributed by atoms with E-state index in [-0.39, 0.29) is 0 Å². The number of pyridine rings is 1. The number of benzene rings is 1. The van der Waals surface area contributed by atoms with E-state index in [0.29, 0.717) is 22.8 Å². The van der Waals surface area contributed by atoms with Crippen molar-refractivity contribution in [1.82, 2.24) is 19.2 Å². The monoisotopic (exact) mass is 409 g/mol. The van der Waals surface area contributed by atoms with Crippen LogP contribution in [0.4, 0.5) is 11.5 Å². The summed E-state index contributed by atoms with van der Waals surface area (Å²) < 4.78 is 7.99. The van der Waals surface area contributed by atoms with Crippen LogP contribution in [-0.4, -0.2) is 61.0 Å². The van der Waals surface area contributed by atoms with Crippen LogP contribution >= 0.6 is 11.6 Å². The van der Waals surface area contributed by atoms with Crippen molar-refractivity contribution in [3.63, 3.8) is 0 Å². The van der Waals surface area contributed by atoms with E-state index in [0.717, 1.165) is 47.7 Å². The minimum absolute atomic E-state index is 0.455. The second-order valence-corrected chi connectivity index (χ2v) is 7.86. The van der Waals surface area contributed by atoms with Gasteiger partial charge in [0.2, 0.25) is 0 Å². The number of quaternary nitrogens is 1. The third-order valence-corrected chi connectivity index (χ3v) is 5.68. The summed E-state index contributed by atoms with van der Waals surface area (Å²) in [4.78, 5) is 11.1. The minimum Gasteiger partial charge on any atom is -0.378 e. The zero-order valence-electron chi connectivity index (χ0n) is 16.2. The molecule has 1 aromatic carbocycles. The van der Waals surface area contributed by atoms with Crippen LogP contribution < -0.4 is 9.38 Å². The molecule has 0 saturated carbocycles. The Labute approximate surface area is 174 Å². The third-order valence-electron chi connectivity index (χ3n) is 5.48. The highest BCUT2D eigenvalue weighted by molar-refractivity contribution is 6.29. The summed E-state index contributed by atoms with van der Waals surface area (Å²) in [5.74, 6) is 0.850. The normalized spacial score (nSPS) is 21.8. The summed E-state index contributed by atoms with van der Waals surface area (Å²) in [6.07, 6.45) is 7.81. The molecular formula is C21H22ClN6O+. The van der Waals surface area contributed by atoms with Gasteiger partial charge in [0.05, 0.1) is 43.0 Å². The topological polar surface area (TPSA) is 55.5 Å². The summed E-state index contributed by atoms with van der Waals surface area (Å²) in [5, 5.41) is 6.24. The van der Waals surface area contributed by atoms with Gasteiger partial charge in [-0.2, -0.15) is 5.10 Å². The third kappa shape index (κ3) is 3.31. The van der Waals surface area contributed by atoms with E-state index in [4.69, 9.17) is 21.4 Å². The minimum atomic E-state index is 0.455. The summed E-state index contributed by atoms with van der Waals surface area (Å²) >= 11 is 6.37. The molecule has 1 atom stereocenters.